The van der Waals surface area contributed by atoms with E-state index >= 15 is 0 Å². The van der Waals surface area contributed by atoms with Gasteiger partial charge in [-0.05, 0) is 24.6 Å². The maximum Gasteiger partial charge on any atom is 0.256 e. The molecule has 0 aliphatic rings. The van der Waals surface area contributed by atoms with Gasteiger partial charge in [0.15, 0.2) is 9.84 Å². The number of carbonyl (C=O) groups excluding carboxylic acids is 1. The summed E-state index contributed by atoms with van der Waals surface area (Å²) in [6.45, 7) is 1.94. The molecule has 1 aromatic carbocycles. The van der Waals surface area contributed by atoms with E-state index in [-0.39, 0.29) is 15.5 Å². The Balaban J connectivity index is 2.32. The number of nitrogens with zero attached hydrogens (tertiary/aromatic N) is 1. The van der Waals surface area contributed by atoms with Crippen LogP contribution in [0.3, 0.4) is 0 Å². The predicted molar refractivity (Wildman–Crippen MR) is 80.5 cm³/mol. The molecule has 21 heavy (non-hydrogen) atoms. The number of hydrogen-bond acceptors (Lipinski definition) is 4. The normalized spacial score (nSPS) is 11.4. The number of halogens is 1. The summed E-state index contributed by atoms with van der Waals surface area (Å²) in [5.41, 5.74) is 1.07. The molecule has 0 aliphatic carbocycles. The highest BCUT2D eigenvalue weighted by atomic mass is 35.5. The van der Waals surface area contributed by atoms with Crippen molar-refractivity contribution < 1.29 is 13.2 Å². The lowest BCUT2D eigenvalue weighted by Gasteiger charge is -2.07. The second-order valence-electron chi connectivity index (χ2n) is 4.50. The molecule has 0 saturated carbocycles. The molecule has 0 fully saturated rings. The molecule has 2 aromatic rings. The number of aryl methyl sites for hydroxylation is 1. The van der Waals surface area contributed by atoms with Gasteiger partial charge in [-0.1, -0.05) is 18.5 Å². The minimum absolute atomic E-state index is 0.0721. The van der Waals surface area contributed by atoms with Gasteiger partial charge in [0.1, 0.15) is 5.82 Å². The second-order valence-corrected chi connectivity index (χ2v) is 6.89. The molecule has 0 atom stereocenters. The maximum absolute atomic E-state index is 12.2. The van der Waals surface area contributed by atoms with Crippen molar-refractivity contribution in [3.63, 3.8) is 0 Å². The Hall–Kier alpha value is -1.86. The third-order valence-electron chi connectivity index (χ3n) is 2.93. The number of sulfone groups is 1. The summed E-state index contributed by atoms with van der Waals surface area (Å²) in [6.07, 6.45) is 3.38. The van der Waals surface area contributed by atoms with Crippen LogP contribution in [0.5, 0.6) is 0 Å². The number of aromatic amines is 1. The van der Waals surface area contributed by atoms with E-state index in [4.69, 9.17) is 11.6 Å². The molecule has 0 aliphatic heterocycles. The monoisotopic (exact) mass is 327 g/mol. The Labute approximate surface area is 127 Å². The van der Waals surface area contributed by atoms with Crippen LogP contribution in [0.1, 0.15) is 22.8 Å². The van der Waals surface area contributed by atoms with Crippen LogP contribution in [0.2, 0.25) is 5.02 Å². The zero-order chi connectivity index (χ0) is 15.6. The molecule has 0 saturated heterocycles. The molecule has 6 nitrogen and oxygen atoms in total. The fourth-order valence-electron chi connectivity index (χ4n) is 1.80. The van der Waals surface area contributed by atoms with E-state index in [0.717, 1.165) is 11.8 Å². The minimum Gasteiger partial charge on any atom is -0.307 e. The number of benzene rings is 1. The van der Waals surface area contributed by atoms with E-state index in [9.17, 15) is 13.2 Å². The number of anilines is 1. The first kappa shape index (κ1) is 15.5. The zero-order valence-electron chi connectivity index (χ0n) is 11.5. The van der Waals surface area contributed by atoms with Gasteiger partial charge in [-0.3, -0.25) is 9.89 Å². The Morgan fingerprint density at radius 2 is 2.14 bits per heavy atom. The van der Waals surface area contributed by atoms with Crippen molar-refractivity contribution in [3.8, 4) is 0 Å². The van der Waals surface area contributed by atoms with Gasteiger partial charge in [-0.15, -0.1) is 0 Å². The maximum atomic E-state index is 12.2. The first-order valence-electron chi connectivity index (χ1n) is 6.16. The van der Waals surface area contributed by atoms with Crippen LogP contribution in [0.4, 0.5) is 5.82 Å². The van der Waals surface area contributed by atoms with E-state index in [1.165, 1.54) is 18.2 Å². The minimum atomic E-state index is -3.50. The molecule has 1 amide bonds. The number of rotatable bonds is 4. The van der Waals surface area contributed by atoms with Gasteiger partial charge in [-0.25, -0.2) is 8.42 Å². The van der Waals surface area contributed by atoms with Crippen molar-refractivity contribution in [3.05, 3.63) is 40.5 Å². The van der Waals surface area contributed by atoms with Crippen molar-refractivity contribution in [1.82, 2.24) is 10.2 Å². The summed E-state index contributed by atoms with van der Waals surface area (Å²) >= 11 is 5.85. The molecule has 0 radical (unpaired) electrons. The highest BCUT2D eigenvalue weighted by molar-refractivity contribution is 7.90. The Kier molecular flexibility index (Phi) is 4.34. The number of nitrogens with one attached hydrogen (secondary N) is 2. The van der Waals surface area contributed by atoms with Crippen molar-refractivity contribution in [2.24, 2.45) is 0 Å². The first-order valence-corrected chi connectivity index (χ1v) is 8.43. The highest BCUT2D eigenvalue weighted by Crippen LogP contribution is 2.23. The summed E-state index contributed by atoms with van der Waals surface area (Å²) in [5, 5.41) is 9.29. The van der Waals surface area contributed by atoms with Gasteiger partial charge in [0.25, 0.3) is 5.91 Å². The molecule has 1 aromatic heterocycles. The topological polar surface area (TPSA) is 91.9 Å². The molecule has 0 spiro atoms. The van der Waals surface area contributed by atoms with E-state index in [1.807, 2.05) is 6.92 Å². The highest BCUT2D eigenvalue weighted by Gasteiger charge is 2.16. The average Bonchev–Trinajstić information content (AvgIpc) is 2.85. The standard InChI is InChI=1S/C13H14ClN3O3S/c1-3-8-7-15-17-12(8)16-13(18)9-4-5-10(14)11(6-9)21(2,19)20/h4-7H,3H2,1-2H3,(H2,15,16,17,18). The summed E-state index contributed by atoms with van der Waals surface area (Å²) < 4.78 is 23.2. The zero-order valence-corrected chi connectivity index (χ0v) is 13.0. The number of H-pyrrole nitrogens is 1. The van der Waals surface area contributed by atoms with Gasteiger partial charge >= 0.3 is 0 Å². The van der Waals surface area contributed by atoms with Crippen molar-refractivity contribution >= 4 is 33.2 Å². The Morgan fingerprint density at radius 3 is 2.76 bits per heavy atom. The van der Waals surface area contributed by atoms with Crippen LogP contribution in [-0.4, -0.2) is 30.8 Å². The van der Waals surface area contributed by atoms with Crippen LogP contribution >= 0.6 is 11.6 Å². The lowest BCUT2D eigenvalue weighted by atomic mass is 10.2. The Bertz CT molecular complexity index is 784. The number of carbonyl (C=O) groups is 1. The lowest BCUT2D eigenvalue weighted by molar-refractivity contribution is 0.102. The van der Waals surface area contributed by atoms with Crippen LogP contribution in [0.25, 0.3) is 0 Å². The quantitative estimate of drug-likeness (QED) is 0.901. The molecular formula is C13H14ClN3O3S. The van der Waals surface area contributed by atoms with Gasteiger partial charge in [0.05, 0.1) is 16.1 Å². The summed E-state index contributed by atoms with van der Waals surface area (Å²) in [7, 11) is -3.50. The van der Waals surface area contributed by atoms with Gasteiger partial charge < -0.3 is 5.32 Å². The molecule has 8 heteroatoms. The van der Waals surface area contributed by atoms with Crippen molar-refractivity contribution in [2.75, 3.05) is 11.6 Å². The third-order valence-corrected chi connectivity index (χ3v) is 4.51. The van der Waals surface area contributed by atoms with E-state index in [2.05, 4.69) is 15.5 Å². The van der Waals surface area contributed by atoms with Crippen LogP contribution < -0.4 is 5.32 Å². The van der Waals surface area contributed by atoms with Gasteiger partial charge in [0, 0.05) is 17.4 Å². The average molecular weight is 328 g/mol. The van der Waals surface area contributed by atoms with Gasteiger partial charge in [-0.2, -0.15) is 5.10 Å². The molecular weight excluding hydrogens is 314 g/mol. The predicted octanol–water partition coefficient (Wildman–Crippen LogP) is 2.28. The fourth-order valence-corrected chi connectivity index (χ4v) is 3.10. The summed E-state index contributed by atoms with van der Waals surface area (Å²) in [5.74, 6) is 0.0638. The number of hydrogen-bond donors (Lipinski definition) is 2. The van der Waals surface area contributed by atoms with Crippen molar-refractivity contribution in [2.45, 2.75) is 18.2 Å². The lowest BCUT2D eigenvalue weighted by Crippen LogP contribution is -2.14. The van der Waals surface area contributed by atoms with Crippen molar-refractivity contribution in [1.29, 1.82) is 0 Å². The third kappa shape index (κ3) is 3.43. The number of aromatic nitrogens is 2. The molecule has 0 unspecified atom stereocenters. The van der Waals surface area contributed by atoms with E-state index < -0.39 is 15.7 Å². The molecule has 2 rings (SSSR count). The smallest absolute Gasteiger partial charge is 0.256 e. The van der Waals surface area contributed by atoms with Crippen LogP contribution in [0, 0.1) is 0 Å². The molecule has 1 heterocycles. The largest absolute Gasteiger partial charge is 0.307 e. The summed E-state index contributed by atoms with van der Waals surface area (Å²) in [4.78, 5) is 12.1. The van der Waals surface area contributed by atoms with Crippen LogP contribution in [-0.2, 0) is 16.3 Å². The second kappa shape index (κ2) is 5.87. The number of amides is 1. The molecule has 0 bridgehead atoms. The van der Waals surface area contributed by atoms with E-state index in [0.29, 0.717) is 12.2 Å². The first-order chi connectivity index (χ1) is 9.82. The Morgan fingerprint density at radius 1 is 1.43 bits per heavy atom. The van der Waals surface area contributed by atoms with Crippen LogP contribution in [0.15, 0.2) is 29.3 Å². The van der Waals surface area contributed by atoms with E-state index in [1.54, 1.807) is 6.20 Å². The van der Waals surface area contributed by atoms with Gasteiger partial charge in [0.2, 0.25) is 0 Å². The fraction of sp³-hybridized carbons (Fsp3) is 0.231. The SMILES string of the molecule is CCc1cn[nH]c1NC(=O)c1ccc(Cl)c(S(C)(=O)=O)c1. The molecule has 112 valence electrons. The molecule has 2 N–H and O–H groups in total. The summed E-state index contributed by atoms with van der Waals surface area (Å²) in [6, 6.07) is 4.11.